The molecule has 20 heavy (non-hydrogen) atoms. The first kappa shape index (κ1) is 12.6. The summed E-state index contributed by atoms with van der Waals surface area (Å²) in [5, 5.41) is 1.06. The standard InChI is InChI=1S/C17H16N2O/c1-12(18)15-7-3-5-9-17(15)20-14-10-13-6-2-4-8-16(13)19-11-14/h2-12H,18H2,1H3/t12-/m0/s1. The molecule has 0 saturated heterocycles. The maximum atomic E-state index is 5.96. The summed E-state index contributed by atoms with van der Waals surface area (Å²) in [6, 6.07) is 17.7. The Morgan fingerprint density at radius 3 is 2.65 bits per heavy atom. The summed E-state index contributed by atoms with van der Waals surface area (Å²) in [6.07, 6.45) is 1.74. The molecule has 0 aliphatic heterocycles. The Labute approximate surface area is 118 Å². The van der Waals surface area contributed by atoms with E-state index in [1.807, 2.05) is 61.5 Å². The van der Waals surface area contributed by atoms with Gasteiger partial charge in [0.2, 0.25) is 0 Å². The van der Waals surface area contributed by atoms with Gasteiger partial charge in [0.15, 0.2) is 0 Å². The molecule has 0 unspecified atom stereocenters. The molecule has 3 aromatic rings. The van der Waals surface area contributed by atoms with Crippen LogP contribution in [0, 0.1) is 0 Å². The fraction of sp³-hybridized carbons (Fsp3) is 0.118. The lowest BCUT2D eigenvalue weighted by atomic mass is 10.1. The zero-order valence-electron chi connectivity index (χ0n) is 11.3. The van der Waals surface area contributed by atoms with E-state index in [9.17, 15) is 0 Å². The Bertz CT molecular complexity index is 738. The molecule has 0 radical (unpaired) electrons. The quantitative estimate of drug-likeness (QED) is 0.776. The molecule has 2 aromatic carbocycles. The number of nitrogens with zero attached hydrogens (tertiary/aromatic N) is 1. The van der Waals surface area contributed by atoms with Crippen molar-refractivity contribution in [3.05, 3.63) is 66.4 Å². The second-order valence-corrected chi connectivity index (χ2v) is 4.79. The molecule has 0 aliphatic rings. The monoisotopic (exact) mass is 264 g/mol. The van der Waals surface area contributed by atoms with Crippen molar-refractivity contribution in [2.24, 2.45) is 5.73 Å². The third-order valence-corrected chi connectivity index (χ3v) is 3.20. The molecule has 0 saturated carbocycles. The normalized spacial score (nSPS) is 12.3. The highest BCUT2D eigenvalue weighted by Crippen LogP contribution is 2.29. The van der Waals surface area contributed by atoms with Gasteiger partial charge in [0.1, 0.15) is 11.5 Å². The van der Waals surface area contributed by atoms with Crippen LogP contribution in [0.1, 0.15) is 18.5 Å². The van der Waals surface area contributed by atoms with Crippen molar-refractivity contribution in [3.8, 4) is 11.5 Å². The summed E-state index contributed by atoms with van der Waals surface area (Å²) in [5.41, 5.74) is 7.91. The van der Waals surface area contributed by atoms with Crippen LogP contribution >= 0.6 is 0 Å². The van der Waals surface area contributed by atoms with Crippen molar-refractivity contribution in [3.63, 3.8) is 0 Å². The molecule has 2 N–H and O–H groups in total. The third kappa shape index (κ3) is 2.49. The smallest absolute Gasteiger partial charge is 0.146 e. The number of hydrogen-bond acceptors (Lipinski definition) is 3. The van der Waals surface area contributed by atoms with Crippen LogP contribution in [0.3, 0.4) is 0 Å². The highest BCUT2D eigenvalue weighted by Gasteiger charge is 2.08. The van der Waals surface area contributed by atoms with E-state index in [2.05, 4.69) is 4.98 Å². The first-order valence-electron chi connectivity index (χ1n) is 6.61. The number of fused-ring (bicyclic) bond motifs is 1. The lowest BCUT2D eigenvalue weighted by Gasteiger charge is -2.13. The molecule has 0 fully saturated rings. The summed E-state index contributed by atoms with van der Waals surface area (Å²) in [4.78, 5) is 4.40. The van der Waals surface area contributed by atoms with Crippen LogP contribution in [0.5, 0.6) is 11.5 Å². The van der Waals surface area contributed by atoms with Crippen LogP contribution in [-0.2, 0) is 0 Å². The Hall–Kier alpha value is -2.39. The molecule has 0 amide bonds. The molecule has 3 rings (SSSR count). The van der Waals surface area contributed by atoms with E-state index in [0.717, 1.165) is 28.0 Å². The lowest BCUT2D eigenvalue weighted by molar-refractivity contribution is 0.471. The minimum Gasteiger partial charge on any atom is -0.455 e. The predicted molar refractivity (Wildman–Crippen MR) is 80.9 cm³/mol. The zero-order valence-corrected chi connectivity index (χ0v) is 11.3. The molecule has 0 bridgehead atoms. The number of aromatic nitrogens is 1. The first-order valence-corrected chi connectivity index (χ1v) is 6.61. The molecule has 1 heterocycles. The van der Waals surface area contributed by atoms with Crippen LogP contribution in [0.2, 0.25) is 0 Å². The van der Waals surface area contributed by atoms with Crippen LogP contribution in [0.4, 0.5) is 0 Å². The van der Waals surface area contributed by atoms with E-state index in [4.69, 9.17) is 10.5 Å². The molecular weight excluding hydrogens is 248 g/mol. The SMILES string of the molecule is C[C@H](N)c1ccccc1Oc1cnc2ccccc2c1. The fourth-order valence-electron chi connectivity index (χ4n) is 2.18. The van der Waals surface area contributed by atoms with Gasteiger partial charge in [0.05, 0.1) is 11.7 Å². The number of rotatable bonds is 3. The predicted octanol–water partition coefficient (Wildman–Crippen LogP) is 4.05. The van der Waals surface area contributed by atoms with E-state index in [1.54, 1.807) is 6.20 Å². The van der Waals surface area contributed by atoms with E-state index >= 15 is 0 Å². The van der Waals surface area contributed by atoms with Crippen molar-refractivity contribution in [1.29, 1.82) is 0 Å². The van der Waals surface area contributed by atoms with Crippen molar-refractivity contribution in [1.82, 2.24) is 4.98 Å². The van der Waals surface area contributed by atoms with Gasteiger partial charge in [0.25, 0.3) is 0 Å². The summed E-state index contributed by atoms with van der Waals surface area (Å²) in [5.74, 6) is 1.50. The molecule has 3 nitrogen and oxygen atoms in total. The molecule has 0 spiro atoms. The Morgan fingerprint density at radius 1 is 1.05 bits per heavy atom. The Morgan fingerprint density at radius 2 is 1.80 bits per heavy atom. The number of benzene rings is 2. The average molecular weight is 264 g/mol. The van der Waals surface area contributed by atoms with Gasteiger partial charge in [-0.05, 0) is 25.1 Å². The lowest BCUT2D eigenvalue weighted by Crippen LogP contribution is -2.06. The first-order chi connectivity index (χ1) is 9.74. The topological polar surface area (TPSA) is 48.1 Å². The summed E-state index contributed by atoms with van der Waals surface area (Å²) < 4.78 is 5.94. The van der Waals surface area contributed by atoms with Crippen LogP contribution < -0.4 is 10.5 Å². The molecule has 3 heteroatoms. The minimum absolute atomic E-state index is 0.0698. The van der Waals surface area contributed by atoms with Gasteiger partial charge in [0, 0.05) is 17.0 Å². The van der Waals surface area contributed by atoms with Crippen molar-refractivity contribution < 1.29 is 4.74 Å². The maximum absolute atomic E-state index is 5.96. The number of para-hydroxylation sites is 2. The molecule has 0 aliphatic carbocycles. The highest BCUT2D eigenvalue weighted by molar-refractivity contribution is 5.79. The maximum Gasteiger partial charge on any atom is 0.146 e. The van der Waals surface area contributed by atoms with Crippen molar-refractivity contribution in [2.45, 2.75) is 13.0 Å². The fourth-order valence-corrected chi connectivity index (χ4v) is 2.18. The minimum atomic E-state index is -0.0698. The number of pyridine rings is 1. The summed E-state index contributed by atoms with van der Waals surface area (Å²) in [6.45, 7) is 1.95. The molecular formula is C17H16N2O. The van der Waals surface area contributed by atoms with E-state index < -0.39 is 0 Å². The summed E-state index contributed by atoms with van der Waals surface area (Å²) in [7, 11) is 0. The van der Waals surface area contributed by atoms with E-state index in [1.165, 1.54) is 0 Å². The van der Waals surface area contributed by atoms with Gasteiger partial charge in [-0.3, -0.25) is 4.98 Å². The molecule has 100 valence electrons. The molecule has 1 atom stereocenters. The zero-order chi connectivity index (χ0) is 13.9. The van der Waals surface area contributed by atoms with Crippen LogP contribution in [-0.4, -0.2) is 4.98 Å². The average Bonchev–Trinajstić information content (AvgIpc) is 2.47. The van der Waals surface area contributed by atoms with Crippen molar-refractivity contribution in [2.75, 3.05) is 0 Å². The van der Waals surface area contributed by atoms with E-state index in [0.29, 0.717) is 0 Å². The van der Waals surface area contributed by atoms with Crippen LogP contribution in [0.15, 0.2) is 60.8 Å². The van der Waals surface area contributed by atoms with Gasteiger partial charge in [-0.15, -0.1) is 0 Å². The Balaban J connectivity index is 1.97. The van der Waals surface area contributed by atoms with E-state index in [-0.39, 0.29) is 6.04 Å². The van der Waals surface area contributed by atoms with Crippen LogP contribution in [0.25, 0.3) is 10.9 Å². The van der Waals surface area contributed by atoms with Gasteiger partial charge >= 0.3 is 0 Å². The third-order valence-electron chi connectivity index (χ3n) is 3.20. The summed E-state index contributed by atoms with van der Waals surface area (Å²) >= 11 is 0. The van der Waals surface area contributed by atoms with Gasteiger partial charge < -0.3 is 10.5 Å². The highest BCUT2D eigenvalue weighted by atomic mass is 16.5. The molecule has 1 aromatic heterocycles. The van der Waals surface area contributed by atoms with Gasteiger partial charge in [-0.2, -0.15) is 0 Å². The number of ether oxygens (including phenoxy) is 1. The number of hydrogen-bond donors (Lipinski definition) is 1. The van der Waals surface area contributed by atoms with Gasteiger partial charge in [-0.25, -0.2) is 0 Å². The van der Waals surface area contributed by atoms with Gasteiger partial charge in [-0.1, -0.05) is 36.4 Å². The second kappa shape index (κ2) is 5.31. The second-order valence-electron chi connectivity index (χ2n) is 4.79. The Kier molecular flexibility index (Phi) is 3.35. The number of nitrogens with two attached hydrogens (primary N) is 1. The largest absolute Gasteiger partial charge is 0.455 e. The van der Waals surface area contributed by atoms with Crippen molar-refractivity contribution >= 4 is 10.9 Å².